The van der Waals surface area contributed by atoms with E-state index in [1.54, 1.807) is 13.4 Å². The van der Waals surface area contributed by atoms with Gasteiger partial charge in [0.05, 0.1) is 19.4 Å². The molecule has 0 spiro atoms. The second-order valence-corrected chi connectivity index (χ2v) is 5.24. The van der Waals surface area contributed by atoms with Gasteiger partial charge in [0.2, 0.25) is 0 Å². The molecule has 1 heterocycles. The lowest BCUT2D eigenvalue weighted by atomic mass is 10.2. The van der Waals surface area contributed by atoms with Crippen molar-refractivity contribution >= 4 is 0 Å². The summed E-state index contributed by atoms with van der Waals surface area (Å²) in [6.07, 6.45) is 5.60. The van der Waals surface area contributed by atoms with Gasteiger partial charge >= 0.3 is 0 Å². The van der Waals surface area contributed by atoms with E-state index in [2.05, 4.69) is 23.2 Å². The molecule has 1 aromatic heterocycles. The van der Waals surface area contributed by atoms with Crippen molar-refractivity contribution in [3.8, 4) is 0 Å². The van der Waals surface area contributed by atoms with Crippen LogP contribution in [0.2, 0.25) is 0 Å². The van der Waals surface area contributed by atoms with Crippen LogP contribution in [0.1, 0.15) is 37.5 Å². The summed E-state index contributed by atoms with van der Waals surface area (Å²) in [7, 11) is 1.77. The Bertz CT molecular complexity index is 361. The van der Waals surface area contributed by atoms with Crippen molar-refractivity contribution in [1.29, 1.82) is 0 Å². The molecule has 4 nitrogen and oxygen atoms in total. The summed E-state index contributed by atoms with van der Waals surface area (Å²) < 4.78 is 10.8. The minimum atomic E-state index is 0.751. The largest absolute Gasteiger partial charge is 0.468 e. The molecule has 1 aliphatic carbocycles. The first kappa shape index (κ1) is 14.6. The highest BCUT2D eigenvalue weighted by Gasteiger charge is 2.29. The maximum absolute atomic E-state index is 5.60. The number of rotatable bonds is 10. The lowest BCUT2D eigenvalue weighted by Crippen LogP contribution is -2.29. The van der Waals surface area contributed by atoms with Gasteiger partial charge < -0.3 is 14.5 Å². The zero-order chi connectivity index (χ0) is 13.5. The van der Waals surface area contributed by atoms with Crippen LogP contribution in [0.4, 0.5) is 0 Å². The fraction of sp³-hybridized carbons (Fsp3) is 0.733. The minimum Gasteiger partial charge on any atom is -0.468 e. The van der Waals surface area contributed by atoms with Gasteiger partial charge in [-0.15, -0.1) is 0 Å². The van der Waals surface area contributed by atoms with Crippen molar-refractivity contribution in [1.82, 2.24) is 10.2 Å². The van der Waals surface area contributed by atoms with Crippen LogP contribution in [0.3, 0.4) is 0 Å². The summed E-state index contributed by atoms with van der Waals surface area (Å²) >= 11 is 0. The Labute approximate surface area is 116 Å². The van der Waals surface area contributed by atoms with Crippen molar-refractivity contribution in [2.45, 2.75) is 45.3 Å². The summed E-state index contributed by atoms with van der Waals surface area (Å²) in [4.78, 5) is 2.51. The van der Waals surface area contributed by atoms with E-state index in [0.717, 1.165) is 51.0 Å². The van der Waals surface area contributed by atoms with Crippen molar-refractivity contribution in [2.24, 2.45) is 0 Å². The normalized spacial score (nSPS) is 15.3. The van der Waals surface area contributed by atoms with E-state index in [9.17, 15) is 0 Å². The summed E-state index contributed by atoms with van der Waals surface area (Å²) in [5, 5.41) is 3.40. The molecule has 1 aromatic rings. The van der Waals surface area contributed by atoms with Crippen LogP contribution < -0.4 is 5.32 Å². The van der Waals surface area contributed by atoms with Gasteiger partial charge in [-0.05, 0) is 31.9 Å². The van der Waals surface area contributed by atoms with E-state index in [0.29, 0.717) is 0 Å². The Morgan fingerprint density at radius 2 is 2.32 bits per heavy atom. The Hall–Kier alpha value is -0.840. The van der Waals surface area contributed by atoms with Crippen LogP contribution in [0, 0.1) is 0 Å². The summed E-state index contributed by atoms with van der Waals surface area (Å²) in [6.45, 7) is 6.84. The molecule has 19 heavy (non-hydrogen) atoms. The third-order valence-electron chi connectivity index (χ3n) is 3.57. The van der Waals surface area contributed by atoms with E-state index < -0.39 is 0 Å². The zero-order valence-electron chi connectivity index (χ0n) is 12.2. The fourth-order valence-corrected chi connectivity index (χ4v) is 2.30. The highest BCUT2D eigenvalue weighted by atomic mass is 16.5. The molecular weight excluding hydrogens is 240 g/mol. The van der Waals surface area contributed by atoms with Crippen molar-refractivity contribution in [3.63, 3.8) is 0 Å². The SMILES string of the molecule is CCCNCc1occc1CN(CCOC)C1CC1. The maximum Gasteiger partial charge on any atom is 0.122 e. The van der Waals surface area contributed by atoms with E-state index in [4.69, 9.17) is 9.15 Å². The second-order valence-electron chi connectivity index (χ2n) is 5.24. The predicted molar refractivity (Wildman–Crippen MR) is 76.0 cm³/mol. The number of nitrogens with one attached hydrogen (secondary N) is 1. The third kappa shape index (κ3) is 4.64. The Kier molecular flexibility index (Phi) is 5.89. The van der Waals surface area contributed by atoms with Crippen molar-refractivity contribution in [2.75, 3.05) is 26.8 Å². The van der Waals surface area contributed by atoms with Crippen molar-refractivity contribution < 1.29 is 9.15 Å². The molecule has 0 unspecified atom stereocenters. The Morgan fingerprint density at radius 3 is 3.00 bits per heavy atom. The van der Waals surface area contributed by atoms with Crippen molar-refractivity contribution in [3.05, 3.63) is 23.7 Å². The van der Waals surface area contributed by atoms with E-state index in [1.165, 1.54) is 18.4 Å². The Morgan fingerprint density at radius 1 is 1.47 bits per heavy atom. The van der Waals surface area contributed by atoms with Gasteiger partial charge in [-0.25, -0.2) is 0 Å². The smallest absolute Gasteiger partial charge is 0.122 e. The van der Waals surface area contributed by atoms with Crippen LogP contribution >= 0.6 is 0 Å². The second kappa shape index (κ2) is 7.68. The fourth-order valence-electron chi connectivity index (χ4n) is 2.30. The number of furan rings is 1. The molecule has 1 saturated carbocycles. The number of ether oxygens (including phenoxy) is 1. The molecule has 0 radical (unpaired) electrons. The average molecular weight is 266 g/mol. The van der Waals surface area contributed by atoms with Gasteiger partial charge in [-0.1, -0.05) is 6.92 Å². The van der Waals surface area contributed by atoms with Gasteiger partial charge in [0.25, 0.3) is 0 Å². The molecule has 0 saturated heterocycles. The van der Waals surface area contributed by atoms with E-state index >= 15 is 0 Å². The molecule has 0 atom stereocenters. The molecule has 1 fully saturated rings. The monoisotopic (exact) mass is 266 g/mol. The first-order valence-electron chi connectivity index (χ1n) is 7.34. The average Bonchev–Trinajstić information content (AvgIpc) is 3.17. The molecule has 1 aliphatic rings. The first-order chi connectivity index (χ1) is 9.35. The molecular formula is C15H26N2O2. The van der Waals surface area contributed by atoms with Gasteiger partial charge in [0.1, 0.15) is 5.76 Å². The Balaban J connectivity index is 1.87. The molecule has 4 heteroatoms. The predicted octanol–water partition coefficient (Wildman–Crippen LogP) is 2.39. The van der Waals surface area contributed by atoms with Gasteiger partial charge in [-0.3, -0.25) is 4.90 Å². The molecule has 2 rings (SSSR count). The number of hydrogen-bond acceptors (Lipinski definition) is 4. The molecule has 108 valence electrons. The quantitative estimate of drug-likeness (QED) is 0.660. The topological polar surface area (TPSA) is 37.6 Å². The highest BCUT2D eigenvalue weighted by Crippen LogP contribution is 2.28. The third-order valence-corrected chi connectivity index (χ3v) is 3.57. The van der Waals surface area contributed by atoms with Gasteiger partial charge in [0.15, 0.2) is 0 Å². The van der Waals surface area contributed by atoms with Crippen LogP contribution in [-0.2, 0) is 17.8 Å². The number of nitrogens with zero attached hydrogens (tertiary/aromatic N) is 1. The maximum atomic E-state index is 5.60. The van der Waals surface area contributed by atoms with Crippen LogP contribution in [0.25, 0.3) is 0 Å². The van der Waals surface area contributed by atoms with Gasteiger partial charge in [0, 0.05) is 31.8 Å². The van der Waals surface area contributed by atoms with Crippen LogP contribution in [-0.4, -0.2) is 37.7 Å². The number of hydrogen-bond donors (Lipinski definition) is 1. The molecule has 0 amide bonds. The zero-order valence-corrected chi connectivity index (χ0v) is 12.2. The van der Waals surface area contributed by atoms with Crippen LogP contribution in [0.15, 0.2) is 16.7 Å². The standard InChI is InChI=1S/C15H26N2O2/c1-3-7-16-11-15-13(6-9-19-15)12-17(8-10-18-2)14-4-5-14/h6,9,14,16H,3-5,7-8,10-12H2,1-2H3. The highest BCUT2D eigenvalue weighted by molar-refractivity contribution is 5.17. The molecule has 0 bridgehead atoms. The van der Waals surface area contributed by atoms with Crippen LogP contribution in [0.5, 0.6) is 0 Å². The summed E-state index contributed by atoms with van der Waals surface area (Å²) in [5.41, 5.74) is 1.31. The lowest BCUT2D eigenvalue weighted by molar-refractivity contribution is 0.139. The molecule has 1 N–H and O–H groups in total. The minimum absolute atomic E-state index is 0.751. The molecule has 0 aliphatic heterocycles. The lowest BCUT2D eigenvalue weighted by Gasteiger charge is -2.21. The molecule has 0 aromatic carbocycles. The van der Waals surface area contributed by atoms with E-state index in [1.807, 2.05) is 0 Å². The van der Waals surface area contributed by atoms with E-state index in [-0.39, 0.29) is 0 Å². The first-order valence-corrected chi connectivity index (χ1v) is 7.34. The summed E-state index contributed by atoms with van der Waals surface area (Å²) in [5.74, 6) is 1.08. The summed E-state index contributed by atoms with van der Waals surface area (Å²) in [6, 6.07) is 2.85. The van der Waals surface area contributed by atoms with Gasteiger partial charge in [-0.2, -0.15) is 0 Å². The number of methoxy groups -OCH3 is 1.